The van der Waals surface area contributed by atoms with E-state index in [1.54, 1.807) is 35.1 Å². The summed E-state index contributed by atoms with van der Waals surface area (Å²) in [6.07, 6.45) is 3.26. The quantitative estimate of drug-likeness (QED) is 0.557. The molecule has 0 bridgehead atoms. The van der Waals surface area contributed by atoms with Gasteiger partial charge in [0, 0.05) is 6.54 Å². The van der Waals surface area contributed by atoms with Crippen LogP contribution in [0, 0.1) is 0 Å². The Labute approximate surface area is 159 Å². The molecular formula is C21H21N2O3S-. The van der Waals surface area contributed by atoms with Crippen LogP contribution in [0.3, 0.4) is 0 Å². The molecule has 0 saturated heterocycles. The highest BCUT2D eigenvalue weighted by molar-refractivity contribution is 7.83. The standard InChI is InChI=1S/C21H21N2O3S/c1-2-27(25)17-9-10-19-20(12-17)26-21(24)23(19)14-16-6-3-4-8-18(16)15-7-5-11-22-13-15/h2-4,6-10,12,22H,5,11,13-14H2,1H3/q-1. The SMILES string of the molecule is CC=[S-](=O)c1ccc2c(c1)oc(=O)n2Cc1ccccc1C1=CCCNC1. The van der Waals surface area contributed by atoms with Crippen LogP contribution in [-0.4, -0.2) is 23.0 Å². The molecular weight excluding hydrogens is 360 g/mol. The van der Waals surface area contributed by atoms with E-state index >= 15 is 0 Å². The summed E-state index contributed by atoms with van der Waals surface area (Å²) in [6.45, 7) is 4.01. The number of benzene rings is 2. The maximum absolute atomic E-state index is 12.5. The molecule has 27 heavy (non-hydrogen) atoms. The van der Waals surface area contributed by atoms with Gasteiger partial charge in [0.05, 0.1) is 12.1 Å². The molecule has 4 rings (SSSR count). The lowest BCUT2D eigenvalue weighted by Gasteiger charge is -2.17. The minimum Gasteiger partial charge on any atom is -0.457 e. The summed E-state index contributed by atoms with van der Waals surface area (Å²) in [6, 6.07) is 13.4. The molecule has 2 heterocycles. The van der Waals surface area contributed by atoms with Gasteiger partial charge >= 0.3 is 5.76 Å². The minimum absolute atomic E-state index is 0.404. The Hall–Kier alpha value is -2.57. The Morgan fingerprint density at radius 1 is 1.26 bits per heavy atom. The number of hydrogen-bond donors (Lipinski definition) is 1. The second-order valence-corrected chi connectivity index (χ2v) is 8.01. The fourth-order valence-corrected chi connectivity index (χ4v) is 4.15. The molecule has 1 aromatic heterocycles. The normalized spacial score (nSPS) is 15.8. The summed E-state index contributed by atoms with van der Waals surface area (Å²) in [4.78, 5) is 13.1. The third-order valence-corrected chi connectivity index (χ3v) is 5.95. The van der Waals surface area contributed by atoms with Gasteiger partial charge in [-0.05, 0) is 41.8 Å². The Bertz CT molecular complexity index is 1160. The summed E-state index contributed by atoms with van der Waals surface area (Å²) in [5.41, 5.74) is 4.66. The molecule has 6 heteroatoms. The van der Waals surface area contributed by atoms with Crippen molar-refractivity contribution < 1.29 is 8.63 Å². The van der Waals surface area contributed by atoms with E-state index in [9.17, 15) is 9.00 Å². The van der Waals surface area contributed by atoms with Crippen molar-refractivity contribution in [1.82, 2.24) is 9.88 Å². The summed E-state index contributed by atoms with van der Waals surface area (Å²) < 4.78 is 19.0. The molecule has 0 aliphatic carbocycles. The number of rotatable bonds is 4. The molecule has 2 aromatic carbocycles. The predicted molar refractivity (Wildman–Crippen MR) is 110 cm³/mol. The summed E-state index contributed by atoms with van der Waals surface area (Å²) in [7, 11) is -1.20. The van der Waals surface area contributed by atoms with Gasteiger partial charge in [-0.2, -0.15) is 5.37 Å². The molecule has 0 spiro atoms. The van der Waals surface area contributed by atoms with Crippen molar-refractivity contribution >= 4 is 32.4 Å². The van der Waals surface area contributed by atoms with Gasteiger partial charge in [0.1, 0.15) is 0 Å². The number of nitrogens with one attached hydrogen (secondary N) is 1. The summed E-state index contributed by atoms with van der Waals surface area (Å²) in [5.74, 6) is -0.404. The molecule has 0 amide bonds. The van der Waals surface area contributed by atoms with Gasteiger partial charge in [0.15, 0.2) is 5.58 Å². The van der Waals surface area contributed by atoms with Crippen molar-refractivity contribution in [3.05, 3.63) is 70.2 Å². The fraction of sp³-hybridized carbons (Fsp3) is 0.238. The van der Waals surface area contributed by atoms with Crippen molar-refractivity contribution in [2.24, 2.45) is 0 Å². The molecule has 0 saturated carbocycles. The first-order chi connectivity index (χ1) is 13.2. The zero-order valence-corrected chi connectivity index (χ0v) is 15.9. The van der Waals surface area contributed by atoms with Gasteiger partial charge in [-0.3, -0.25) is 4.57 Å². The second kappa shape index (κ2) is 7.58. The lowest BCUT2D eigenvalue weighted by Crippen LogP contribution is -2.22. The first kappa shape index (κ1) is 17.8. The van der Waals surface area contributed by atoms with Gasteiger partial charge in [-0.15, -0.1) is 4.90 Å². The minimum atomic E-state index is -1.20. The maximum Gasteiger partial charge on any atom is 0.420 e. The van der Waals surface area contributed by atoms with Crippen LogP contribution in [0.5, 0.6) is 0 Å². The number of fused-ring (bicyclic) bond motifs is 1. The Morgan fingerprint density at radius 2 is 2.11 bits per heavy atom. The van der Waals surface area contributed by atoms with E-state index in [-0.39, 0.29) is 0 Å². The van der Waals surface area contributed by atoms with Crippen LogP contribution < -0.4 is 11.1 Å². The number of aromatic nitrogens is 1. The summed E-state index contributed by atoms with van der Waals surface area (Å²) in [5, 5.41) is 5.01. The van der Waals surface area contributed by atoms with Crippen molar-refractivity contribution in [3.63, 3.8) is 0 Å². The van der Waals surface area contributed by atoms with Crippen LogP contribution in [0.1, 0.15) is 24.5 Å². The molecule has 1 aliphatic heterocycles. The van der Waals surface area contributed by atoms with Crippen LogP contribution in [0.2, 0.25) is 0 Å². The molecule has 0 radical (unpaired) electrons. The van der Waals surface area contributed by atoms with Crippen molar-refractivity contribution in [1.29, 1.82) is 0 Å². The lowest BCUT2D eigenvalue weighted by molar-refractivity contribution is 0.517. The smallest absolute Gasteiger partial charge is 0.420 e. The second-order valence-electron chi connectivity index (χ2n) is 6.47. The summed E-state index contributed by atoms with van der Waals surface area (Å²) >= 11 is 0. The largest absolute Gasteiger partial charge is 0.457 e. The van der Waals surface area contributed by atoms with E-state index in [1.165, 1.54) is 5.57 Å². The van der Waals surface area contributed by atoms with Gasteiger partial charge in [-0.1, -0.05) is 43.3 Å². The molecule has 5 nitrogen and oxygen atoms in total. The zero-order valence-electron chi connectivity index (χ0n) is 15.1. The number of nitrogens with zero attached hydrogens (tertiary/aromatic N) is 1. The van der Waals surface area contributed by atoms with E-state index in [2.05, 4.69) is 17.5 Å². The topological polar surface area (TPSA) is 64.2 Å². The van der Waals surface area contributed by atoms with Gasteiger partial charge in [0.2, 0.25) is 0 Å². The first-order valence-corrected chi connectivity index (χ1v) is 10.2. The number of hydrogen-bond acceptors (Lipinski definition) is 5. The zero-order chi connectivity index (χ0) is 18.8. The van der Waals surface area contributed by atoms with Crippen LogP contribution >= 0.6 is 0 Å². The number of oxazole rings is 1. The van der Waals surface area contributed by atoms with Crippen LogP contribution in [0.25, 0.3) is 16.7 Å². The average molecular weight is 381 g/mol. The van der Waals surface area contributed by atoms with Gasteiger partial charge in [-0.25, -0.2) is 15.2 Å². The Kier molecular flexibility index (Phi) is 5.01. The first-order valence-electron chi connectivity index (χ1n) is 8.99. The van der Waals surface area contributed by atoms with E-state index in [0.717, 1.165) is 30.6 Å². The van der Waals surface area contributed by atoms with E-state index in [4.69, 9.17) is 4.42 Å². The predicted octanol–water partition coefficient (Wildman–Crippen LogP) is 3.16. The van der Waals surface area contributed by atoms with E-state index < -0.39 is 16.1 Å². The lowest BCUT2D eigenvalue weighted by atomic mass is 9.97. The highest BCUT2D eigenvalue weighted by Crippen LogP contribution is 2.23. The van der Waals surface area contributed by atoms with Crippen molar-refractivity contribution in [2.45, 2.75) is 24.8 Å². The molecule has 0 fully saturated rings. The molecule has 0 atom stereocenters. The van der Waals surface area contributed by atoms with Crippen LogP contribution in [0.15, 0.2) is 62.6 Å². The highest BCUT2D eigenvalue weighted by Gasteiger charge is 2.14. The molecule has 1 aliphatic rings. The maximum atomic E-state index is 12.5. The fourth-order valence-electron chi connectivity index (χ4n) is 3.45. The van der Waals surface area contributed by atoms with E-state index in [1.807, 2.05) is 18.2 Å². The Morgan fingerprint density at radius 3 is 2.89 bits per heavy atom. The molecule has 0 unspecified atom stereocenters. The molecule has 140 valence electrons. The Balaban J connectivity index is 1.77. The third-order valence-electron chi connectivity index (χ3n) is 4.81. The monoisotopic (exact) mass is 381 g/mol. The van der Waals surface area contributed by atoms with Crippen molar-refractivity contribution in [3.8, 4) is 0 Å². The van der Waals surface area contributed by atoms with E-state index in [0.29, 0.717) is 22.5 Å². The third kappa shape index (κ3) is 3.50. The van der Waals surface area contributed by atoms with Crippen LogP contribution in [0.4, 0.5) is 0 Å². The van der Waals surface area contributed by atoms with Crippen molar-refractivity contribution in [2.75, 3.05) is 13.1 Å². The van der Waals surface area contributed by atoms with Gasteiger partial charge in [0.25, 0.3) is 0 Å². The molecule has 3 aromatic rings. The highest BCUT2D eigenvalue weighted by atomic mass is 32.2. The van der Waals surface area contributed by atoms with Gasteiger partial charge < -0.3 is 13.9 Å². The molecule has 1 N–H and O–H groups in total. The average Bonchev–Trinajstić information content (AvgIpc) is 3.03. The van der Waals surface area contributed by atoms with Crippen LogP contribution in [-0.2, 0) is 21.1 Å².